The number of hydrogen-bond acceptors (Lipinski definition) is 7. The van der Waals surface area contributed by atoms with E-state index in [9.17, 15) is 9.59 Å². The summed E-state index contributed by atoms with van der Waals surface area (Å²) in [6, 6.07) is 10.4. The first-order chi connectivity index (χ1) is 15.6. The number of hydrogen-bond donors (Lipinski definition) is 2. The van der Waals surface area contributed by atoms with E-state index in [1.165, 1.54) is 6.26 Å². The van der Waals surface area contributed by atoms with Gasteiger partial charge in [-0.05, 0) is 31.2 Å². The van der Waals surface area contributed by atoms with Crippen LogP contribution in [0.2, 0.25) is 0 Å². The quantitative estimate of drug-likeness (QED) is 0.638. The Morgan fingerprint density at radius 1 is 1.16 bits per heavy atom. The Morgan fingerprint density at radius 3 is 2.62 bits per heavy atom. The van der Waals surface area contributed by atoms with Gasteiger partial charge in [0.15, 0.2) is 0 Å². The molecule has 32 heavy (non-hydrogen) atoms. The number of rotatable bonds is 7. The van der Waals surface area contributed by atoms with Crippen molar-refractivity contribution in [2.45, 2.75) is 13.0 Å². The number of piperazine rings is 1. The molecule has 0 bridgehead atoms. The lowest BCUT2D eigenvalue weighted by Gasteiger charge is -2.38. The largest absolute Gasteiger partial charge is 0.495 e. The van der Waals surface area contributed by atoms with E-state index in [4.69, 9.17) is 13.9 Å². The molecule has 0 unspecified atom stereocenters. The summed E-state index contributed by atoms with van der Waals surface area (Å²) in [6.07, 6.45) is 1.52. The highest BCUT2D eigenvalue weighted by Crippen LogP contribution is 2.30. The number of nitrogens with one attached hydrogen (secondary N) is 2. The smallest absolute Gasteiger partial charge is 0.338 e. The van der Waals surface area contributed by atoms with Gasteiger partial charge in [0.1, 0.15) is 17.6 Å². The molecule has 0 aliphatic carbocycles. The molecule has 2 aromatic rings. The highest BCUT2D eigenvalue weighted by atomic mass is 16.5. The number of methoxy groups -OCH3 is 1. The first kappa shape index (κ1) is 21.8. The fourth-order valence-electron chi connectivity index (χ4n) is 4.12. The predicted octanol–water partition coefficient (Wildman–Crippen LogP) is 2.28. The van der Waals surface area contributed by atoms with Gasteiger partial charge in [-0.25, -0.2) is 9.59 Å². The van der Waals surface area contributed by atoms with Crippen molar-refractivity contribution in [1.82, 2.24) is 15.5 Å². The molecule has 1 atom stereocenters. The average molecular weight is 441 g/mol. The molecule has 4 rings (SSSR count). The third kappa shape index (κ3) is 4.57. The van der Waals surface area contributed by atoms with Crippen molar-refractivity contribution in [2.75, 3.05) is 51.3 Å². The summed E-state index contributed by atoms with van der Waals surface area (Å²) in [6.45, 7) is 5.57. The first-order valence-corrected chi connectivity index (χ1v) is 10.7. The van der Waals surface area contributed by atoms with Crippen LogP contribution < -0.4 is 20.3 Å². The number of carbonyl (C=O) groups excluding carboxylic acids is 2. The summed E-state index contributed by atoms with van der Waals surface area (Å²) < 4.78 is 16.3. The van der Waals surface area contributed by atoms with Gasteiger partial charge in [-0.3, -0.25) is 4.90 Å². The second-order valence-corrected chi connectivity index (χ2v) is 7.59. The third-order valence-corrected chi connectivity index (χ3v) is 5.66. The van der Waals surface area contributed by atoms with Crippen LogP contribution in [0.15, 0.2) is 58.3 Å². The molecule has 2 amide bonds. The maximum absolute atomic E-state index is 12.8. The zero-order valence-electron chi connectivity index (χ0n) is 18.3. The number of furan rings is 1. The molecular formula is C23H28N4O5. The van der Waals surface area contributed by atoms with Crippen molar-refractivity contribution in [1.29, 1.82) is 0 Å². The number of urea groups is 1. The summed E-state index contributed by atoms with van der Waals surface area (Å²) in [5.41, 5.74) is 1.97. The van der Waals surface area contributed by atoms with Gasteiger partial charge in [-0.15, -0.1) is 0 Å². The Kier molecular flexibility index (Phi) is 6.65. The first-order valence-electron chi connectivity index (χ1n) is 10.7. The van der Waals surface area contributed by atoms with Crippen LogP contribution in [-0.4, -0.2) is 63.3 Å². The van der Waals surface area contributed by atoms with Gasteiger partial charge in [0, 0.05) is 38.4 Å². The molecule has 0 radical (unpaired) electrons. The highest BCUT2D eigenvalue weighted by molar-refractivity contribution is 5.95. The molecule has 0 spiro atoms. The molecule has 2 aliphatic heterocycles. The Morgan fingerprint density at radius 2 is 1.94 bits per heavy atom. The SMILES string of the molecule is CCOC(=O)C1=C(CN2CCN(c3ccccc3OC)CC2)NC(=O)N[C@H]1c1ccco1. The Hall–Kier alpha value is -3.46. The van der Waals surface area contributed by atoms with Gasteiger partial charge >= 0.3 is 12.0 Å². The van der Waals surface area contributed by atoms with E-state index >= 15 is 0 Å². The summed E-state index contributed by atoms with van der Waals surface area (Å²) in [4.78, 5) is 29.7. The number of esters is 1. The standard InChI is InChI=1S/C23H28N4O5/c1-3-31-22(28)20-16(24-23(29)25-21(20)19-9-6-14-32-19)15-26-10-12-27(13-11-26)17-7-4-5-8-18(17)30-2/h4-9,14,21H,3,10-13,15H2,1-2H3,(H2,24,25,29)/t21-/m0/s1. The molecule has 2 aliphatic rings. The molecule has 0 saturated carbocycles. The fourth-order valence-corrected chi connectivity index (χ4v) is 4.12. The minimum Gasteiger partial charge on any atom is -0.495 e. The number of amides is 2. The van der Waals surface area contributed by atoms with Crippen LogP contribution >= 0.6 is 0 Å². The van der Waals surface area contributed by atoms with Gasteiger partial charge in [-0.2, -0.15) is 0 Å². The van der Waals surface area contributed by atoms with Gasteiger partial charge in [0.05, 0.1) is 31.2 Å². The van der Waals surface area contributed by atoms with Crippen LogP contribution in [0.5, 0.6) is 5.75 Å². The van der Waals surface area contributed by atoms with Gasteiger partial charge in [-0.1, -0.05) is 12.1 Å². The van der Waals surface area contributed by atoms with Crippen molar-refractivity contribution >= 4 is 17.7 Å². The van der Waals surface area contributed by atoms with Crippen LogP contribution in [0.4, 0.5) is 10.5 Å². The van der Waals surface area contributed by atoms with Gasteiger partial charge in [0.2, 0.25) is 0 Å². The number of benzene rings is 1. The second kappa shape index (κ2) is 9.78. The van der Waals surface area contributed by atoms with Crippen LogP contribution in [0, 0.1) is 0 Å². The van der Waals surface area contributed by atoms with E-state index < -0.39 is 12.0 Å². The maximum Gasteiger partial charge on any atom is 0.338 e. The lowest BCUT2D eigenvalue weighted by atomic mass is 9.99. The van der Waals surface area contributed by atoms with Crippen LogP contribution in [0.3, 0.4) is 0 Å². The summed E-state index contributed by atoms with van der Waals surface area (Å²) >= 11 is 0. The average Bonchev–Trinajstić information content (AvgIpc) is 3.34. The van der Waals surface area contributed by atoms with E-state index in [1.54, 1.807) is 26.2 Å². The van der Waals surface area contributed by atoms with Crippen molar-refractivity contribution in [3.05, 3.63) is 59.7 Å². The molecule has 1 aromatic carbocycles. The molecule has 170 valence electrons. The number of nitrogens with zero attached hydrogens (tertiary/aromatic N) is 2. The summed E-state index contributed by atoms with van der Waals surface area (Å²) in [5.74, 6) is 0.866. The van der Waals surface area contributed by atoms with Crippen molar-refractivity contribution < 1.29 is 23.5 Å². The highest BCUT2D eigenvalue weighted by Gasteiger charge is 2.36. The number of carbonyl (C=O) groups is 2. The Balaban J connectivity index is 1.52. The lowest BCUT2D eigenvalue weighted by Crippen LogP contribution is -2.51. The number of para-hydroxylation sites is 2. The minimum absolute atomic E-state index is 0.242. The molecule has 9 heteroatoms. The molecule has 3 heterocycles. The second-order valence-electron chi connectivity index (χ2n) is 7.59. The Bertz CT molecular complexity index is 980. The van der Waals surface area contributed by atoms with Crippen LogP contribution in [0.25, 0.3) is 0 Å². The fraction of sp³-hybridized carbons (Fsp3) is 0.391. The van der Waals surface area contributed by atoms with Crippen LogP contribution in [-0.2, 0) is 9.53 Å². The predicted molar refractivity (Wildman–Crippen MR) is 118 cm³/mol. The van der Waals surface area contributed by atoms with E-state index in [-0.39, 0.29) is 12.6 Å². The van der Waals surface area contributed by atoms with Gasteiger partial charge < -0.3 is 29.4 Å². The monoisotopic (exact) mass is 440 g/mol. The Labute approximate surface area is 186 Å². The number of anilines is 1. The molecule has 1 fully saturated rings. The molecule has 1 saturated heterocycles. The zero-order chi connectivity index (χ0) is 22.5. The molecular weight excluding hydrogens is 412 g/mol. The normalized spacial score (nSPS) is 19.4. The maximum atomic E-state index is 12.8. The summed E-state index contributed by atoms with van der Waals surface area (Å²) in [5, 5.41) is 5.59. The van der Waals surface area contributed by atoms with Crippen molar-refractivity contribution in [3.63, 3.8) is 0 Å². The van der Waals surface area contributed by atoms with E-state index in [0.29, 0.717) is 23.6 Å². The van der Waals surface area contributed by atoms with Crippen LogP contribution in [0.1, 0.15) is 18.7 Å². The van der Waals surface area contributed by atoms with E-state index in [2.05, 4.69) is 26.5 Å². The van der Waals surface area contributed by atoms with E-state index in [0.717, 1.165) is 37.6 Å². The molecule has 2 N–H and O–H groups in total. The van der Waals surface area contributed by atoms with E-state index in [1.807, 2.05) is 18.2 Å². The lowest BCUT2D eigenvalue weighted by molar-refractivity contribution is -0.139. The molecule has 1 aromatic heterocycles. The van der Waals surface area contributed by atoms with Crippen molar-refractivity contribution in [2.24, 2.45) is 0 Å². The van der Waals surface area contributed by atoms with Gasteiger partial charge in [0.25, 0.3) is 0 Å². The topological polar surface area (TPSA) is 96.3 Å². The van der Waals surface area contributed by atoms with Crippen molar-refractivity contribution in [3.8, 4) is 5.75 Å². The number of ether oxygens (including phenoxy) is 2. The zero-order valence-corrected chi connectivity index (χ0v) is 18.3. The third-order valence-electron chi connectivity index (χ3n) is 5.66. The summed E-state index contributed by atoms with van der Waals surface area (Å²) in [7, 11) is 1.67. The minimum atomic E-state index is -0.692. The molecule has 9 nitrogen and oxygen atoms in total.